The maximum absolute atomic E-state index is 12.2. The van der Waals surface area contributed by atoms with Crippen molar-refractivity contribution in [1.29, 1.82) is 0 Å². The molecule has 0 aliphatic heterocycles. The van der Waals surface area contributed by atoms with Crippen LogP contribution < -0.4 is 21.0 Å². The molecular weight excluding hydrogens is 310 g/mol. The third-order valence-corrected chi connectivity index (χ3v) is 3.70. The monoisotopic (exact) mass is 333 g/mol. The van der Waals surface area contributed by atoms with Gasteiger partial charge in [0.25, 0.3) is 5.56 Å². The molecule has 7 nitrogen and oxygen atoms in total. The van der Waals surface area contributed by atoms with Crippen LogP contribution in [0.1, 0.15) is 5.56 Å². The molecule has 2 rings (SSSR count). The largest absolute Gasteiger partial charge is 0.395 e. The van der Waals surface area contributed by atoms with Crippen LogP contribution in [0.5, 0.6) is 0 Å². The quantitative estimate of drug-likeness (QED) is 0.457. The van der Waals surface area contributed by atoms with Gasteiger partial charge in [0.1, 0.15) is 0 Å². The molecule has 1 aromatic heterocycles. The van der Waals surface area contributed by atoms with Gasteiger partial charge < -0.3 is 20.2 Å². The Hall–Kier alpha value is -2.35. The van der Waals surface area contributed by atoms with Gasteiger partial charge in [-0.1, -0.05) is 18.7 Å². The van der Waals surface area contributed by atoms with Crippen molar-refractivity contribution in [2.45, 2.75) is 6.54 Å². The van der Waals surface area contributed by atoms with Crippen LogP contribution in [0, 0.1) is 0 Å². The molecule has 2 aromatic rings. The molecule has 0 fully saturated rings. The second-order valence-electron chi connectivity index (χ2n) is 5.35. The first kappa shape index (κ1) is 18.0. The SMILES string of the molecule is C=c1[nH]n(CCO)c(=O)c1=Cc1ccc(N(CCO)CCO)cc1. The van der Waals surface area contributed by atoms with E-state index in [-0.39, 0.29) is 31.9 Å². The van der Waals surface area contributed by atoms with Gasteiger partial charge in [0.15, 0.2) is 0 Å². The van der Waals surface area contributed by atoms with E-state index in [2.05, 4.69) is 11.7 Å². The Morgan fingerprint density at radius 3 is 2.25 bits per heavy atom. The number of aliphatic hydroxyl groups excluding tert-OH is 3. The number of aromatic amines is 1. The average Bonchev–Trinajstić information content (AvgIpc) is 2.83. The van der Waals surface area contributed by atoms with Crippen LogP contribution in [-0.2, 0) is 6.54 Å². The van der Waals surface area contributed by atoms with Gasteiger partial charge in [-0.3, -0.25) is 9.89 Å². The molecule has 4 N–H and O–H groups in total. The summed E-state index contributed by atoms with van der Waals surface area (Å²) in [6, 6.07) is 7.47. The van der Waals surface area contributed by atoms with Crippen LogP contribution in [0.25, 0.3) is 12.7 Å². The number of aromatic nitrogens is 2. The zero-order chi connectivity index (χ0) is 17.5. The minimum Gasteiger partial charge on any atom is -0.395 e. The molecule has 0 radical (unpaired) electrons. The molecule has 0 saturated heterocycles. The highest BCUT2D eigenvalue weighted by molar-refractivity contribution is 5.56. The van der Waals surface area contributed by atoms with Crippen LogP contribution in [0.4, 0.5) is 5.69 Å². The fourth-order valence-corrected chi connectivity index (χ4v) is 2.51. The van der Waals surface area contributed by atoms with Crippen molar-refractivity contribution in [3.05, 3.63) is 50.8 Å². The number of benzene rings is 1. The van der Waals surface area contributed by atoms with Crippen molar-refractivity contribution in [1.82, 2.24) is 9.78 Å². The van der Waals surface area contributed by atoms with Crippen molar-refractivity contribution < 1.29 is 15.3 Å². The molecular formula is C17H23N3O4. The highest BCUT2D eigenvalue weighted by atomic mass is 16.3. The Morgan fingerprint density at radius 1 is 1.08 bits per heavy atom. The number of nitrogens with zero attached hydrogens (tertiary/aromatic N) is 2. The topological polar surface area (TPSA) is 102 Å². The lowest BCUT2D eigenvalue weighted by Crippen LogP contribution is -2.34. The van der Waals surface area contributed by atoms with Crippen LogP contribution >= 0.6 is 0 Å². The van der Waals surface area contributed by atoms with E-state index in [0.717, 1.165) is 11.3 Å². The summed E-state index contributed by atoms with van der Waals surface area (Å²) in [5.41, 5.74) is 1.50. The average molecular weight is 333 g/mol. The molecule has 0 bridgehead atoms. The zero-order valence-corrected chi connectivity index (χ0v) is 13.5. The Bertz CT molecular complexity index is 802. The lowest BCUT2D eigenvalue weighted by atomic mass is 10.1. The molecule has 1 aromatic carbocycles. The molecule has 0 unspecified atom stereocenters. The molecule has 0 atom stereocenters. The van der Waals surface area contributed by atoms with Gasteiger partial charge in [0.2, 0.25) is 0 Å². The van der Waals surface area contributed by atoms with Crippen molar-refractivity contribution in [3.8, 4) is 0 Å². The summed E-state index contributed by atoms with van der Waals surface area (Å²) in [5.74, 6) is 0. The standard InChI is InChI=1S/C17H23N3O4/c1-13-16(17(24)20(18-13)8-11-23)12-14-2-4-15(5-3-14)19(6-9-21)7-10-22/h2-5,12,18,21-23H,1,6-11H2. The minimum atomic E-state index is -0.222. The fraction of sp³-hybridized carbons (Fsp3) is 0.353. The van der Waals surface area contributed by atoms with Crippen LogP contribution in [0.2, 0.25) is 0 Å². The van der Waals surface area contributed by atoms with Gasteiger partial charge in [-0.05, 0) is 23.8 Å². The molecule has 24 heavy (non-hydrogen) atoms. The van der Waals surface area contributed by atoms with Gasteiger partial charge in [-0.2, -0.15) is 0 Å². The normalized spacial score (nSPS) is 11.9. The number of aliphatic hydroxyl groups is 3. The Kier molecular flexibility index (Phi) is 6.36. The van der Waals surface area contributed by atoms with Gasteiger partial charge >= 0.3 is 0 Å². The Morgan fingerprint density at radius 2 is 1.71 bits per heavy atom. The van der Waals surface area contributed by atoms with Gasteiger partial charge in [0.05, 0.1) is 36.9 Å². The van der Waals surface area contributed by atoms with E-state index in [9.17, 15) is 4.79 Å². The van der Waals surface area contributed by atoms with Crippen LogP contribution in [0.15, 0.2) is 29.1 Å². The number of hydrogen-bond acceptors (Lipinski definition) is 5. The summed E-state index contributed by atoms with van der Waals surface area (Å²) in [6.07, 6.45) is 1.74. The highest BCUT2D eigenvalue weighted by Crippen LogP contribution is 2.15. The van der Waals surface area contributed by atoms with Crippen molar-refractivity contribution in [3.63, 3.8) is 0 Å². The smallest absolute Gasteiger partial charge is 0.274 e. The molecule has 0 spiro atoms. The van der Waals surface area contributed by atoms with Gasteiger partial charge in [-0.15, -0.1) is 0 Å². The molecule has 0 amide bonds. The molecule has 0 saturated carbocycles. The third kappa shape index (κ3) is 4.14. The first-order chi connectivity index (χ1) is 11.6. The minimum absolute atomic E-state index is 0.00644. The van der Waals surface area contributed by atoms with Crippen LogP contribution in [0.3, 0.4) is 0 Å². The van der Waals surface area contributed by atoms with Gasteiger partial charge in [0, 0.05) is 18.8 Å². The first-order valence-corrected chi connectivity index (χ1v) is 7.77. The first-order valence-electron chi connectivity index (χ1n) is 7.77. The number of H-pyrrole nitrogens is 1. The maximum atomic E-state index is 12.2. The van der Waals surface area contributed by atoms with Crippen molar-refractivity contribution in [2.24, 2.45) is 0 Å². The lowest BCUT2D eigenvalue weighted by Gasteiger charge is -2.22. The number of hydrogen-bond donors (Lipinski definition) is 4. The molecule has 130 valence electrons. The molecule has 1 heterocycles. The zero-order valence-electron chi connectivity index (χ0n) is 13.5. The number of nitrogens with one attached hydrogen (secondary N) is 1. The predicted octanol–water partition coefficient (Wildman–Crippen LogP) is -1.80. The molecule has 0 aliphatic rings. The van der Waals surface area contributed by atoms with E-state index < -0.39 is 0 Å². The van der Waals surface area contributed by atoms with Crippen LogP contribution in [-0.4, -0.2) is 58.0 Å². The highest BCUT2D eigenvalue weighted by Gasteiger charge is 2.05. The van der Waals surface area contributed by atoms with E-state index in [1.165, 1.54) is 4.68 Å². The summed E-state index contributed by atoms with van der Waals surface area (Å²) in [6.45, 7) is 4.79. The van der Waals surface area contributed by atoms with Gasteiger partial charge in [-0.25, -0.2) is 4.68 Å². The Balaban J connectivity index is 2.32. The van der Waals surface area contributed by atoms with E-state index in [1.54, 1.807) is 6.08 Å². The summed E-state index contributed by atoms with van der Waals surface area (Å²) in [7, 11) is 0. The Labute approximate surface area is 139 Å². The fourth-order valence-electron chi connectivity index (χ4n) is 2.51. The summed E-state index contributed by atoms with van der Waals surface area (Å²) in [4.78, 5) is 14.1. The number of rotatable bonds is 8. The predicted molar refractivity (Wildman–Crippen MR) is 93.3 cm³/mol. The van der Waals surface area contributed by atoms with Crippen molar-refractivity contribution in [2.75, 3.05) is 37.8 Å². The van der Waals surface area contributed by atoms with E-state index in [1.807, 2.05) is 29.2 Å². The van der Waals surface area contributed by atoms with E-state index >= 15 is 0 Å². The third-order valence-electron chi connectivity index (χ3n) is 3.70. The van der Waals surface area contributed by atoms with E-state index in [0.29, 0.717) is 23.7 Å². The molecule has 7 heteroatoms. The summed E-state index contributed by atoms with van der Waals surface area (Å²) < 4.78 is 1.33. The summed E-state index contributed by atoms with van der Waals surface area (Å²) >= 11 is 0. The maximum Gasteiger partial charge on any atom is 0.274 e. The molecule has 0 aliphatic carbocycles. The summed E-state index contributed by atoms with van der Waals surface area (Å²) in [5, 5.41) is 30.9. The number of anilines is 1. The second-order valence-corrected chi connectivity index (χ2v) is 5.35. The van der Waals surface area contributed by atoms with Crippen molar-refractivity contribution >= 4 is 18.3 Å². The van der Waals surface area contributed by atoms with E-state index in [4.69, 9.17) is 15.3 Å². The lowest BCUT2D eigenvalue weighted by molar-refractivity contribution is 0.267. The second kappa shape index (κ2) is 8.49.